The van der Waals surface area contributed by atoms with Crippen LogP contribution < -0.4 is 0 Å². The molecule has 10 heteroatoms. The van der Waals surface area contributed by atoms with E-state index in [1.165, 1.54) is 12.8 Å². The molecule has 1 saturated heterocycles. The van der Waals surface area contributed by atoms with Gasteiger partial charge in [0.05, 0.1) is 11.0 Å². The van der Waals surface area contributed by atoms with Crippen LogP contribution in [0.4, 0.5) is 0 Å². The summed E-state index contributed by atoms with van der Waals surface area (Å²) in [5.74, 6) is 0.962. The molecule has 1 aromatic heterocycles. The molecule has 1 N–H and O–H groups in total. The Morgan fingerprint density at radius 3 is 2.12 bits per heavy atom. The standard InChI is InChI=1S/C30H53N5O2.3ClH/c1-6-11-21-35-22-18-30(37-24-15-20-34(9-4)10-5,29-31-26-16-12-13-17-27(26)32-29)25-28(35)36-23-14-19-33(7-2)8-3;;;/h12-13,16-17,28H,6-11,14-15,18-25H2,1-5H3,(H,31,32);3*1H. The van der Waals surface area contributed by atoms with Gasteiger partial charge in [-0.2, -0.15) is 0 Å². The number of piperidine rings is 1. The number of halogens is 3. The predicted octanol–water partition coefficient (Wildman–Crippen LogP) is 6.74. The summed E-state index contributed by atoms with van der Waals surface area (Å²) in [6, 6.07) is 8.31. The predicted molar refractivity (Wildman–Crippen MR) is 176 cm³/mol. The van der Waals surface area contributed by atoms with Crippen molar-refractivity contribution in [1.29, 1.82) is 0 Å². The Balaban J connectivity index is 0.00000507. The number of ether oxygens (including phenoxy) is 2. The summed E-state index contributed by atoms with van der Waals surface area (Å²) in [5, 5.41) is 0. The topological polar surface area (TPSA) is 56.9 Å². The molecule has 0 aliphatic carbocycles. The van der Waals surface area contributed by atoms with Gasteiger partial charge in [0.2, 0.25) is 0 Å². The lowest BCUT2D eigenvalue weighted by Gasteiger charge is -2.45. The number of para-hydroxylation sites is 2. The van der Waals surface area contributed by atoms with Gasteiger partial charge in [0.1, 0.15) is 17.7 Å². The fourth-order valence-electron chi connectivity index (χ4n) is 5.49. The number of fused-ring (bicyclic) bond motifs is 1. The number of aromatic nitrogens is 2. The molecule has 40 heavy (non-hydrogen) atoms. The van der Waals surface area contributed by atoms with Gasteiger partial charge in [-0.15, -0.1) is 37.2 Å². The van der Waals surface area contributed by atoms with E-state index in [0.717, 1.165) is 108 Å². The Kier molecular flexibility index (Phi) is 20.8. The number of hydrogen-bond acceptors (Lipinski definition) is 6. The highest BCUT2D eigenvalue weighted by Crippen LogP contribution is 2.39. The third-order valence-corrected chi connectivity index (χ3v) is 8.05. The number of imidazole rings is 1. The molecule has 0 amide bonds. The largest absolute Gasteiger partial charge is 0.367 e. The highest BCUT2D eigenvalue weighted by atomic mass is 35.5. The van der Waals surface area contributed by atoms with Crippen LogP contribution in [0.3, 0.4) is 0 Å². The molecule has 0 bridgehead atoms. The highest BCUT2D eigenvalue weighted by molar-refractivity contribution is 5.86. The van der Waals surface area contributed by atoms with E-state index in [1.807, 2.05) is 0 Å². The minimum atomic E-state index is -0.450. The molecular formula is C30H56Cl3N5O2. The van der Waals surface area contributed by atoms with Crippen LogP contribution in [0.25, 0.3) is 11.0 Å². The van der Waals surface area contributed by atoms with Crippen LogP contribution in [0, 0.1) is 0 Å². The van der Waals surface area contributed by atoms with Crippen molar-refractivity contribution in [2.24, 2.45) is 0 Å². The Bertz CT molecular complexity index is 864. The van der Waals surface area contributed by atoms with E-state index < -0.39 is 5.60 Å². The number of benzene rings is 1. The first-order valence-corrected chi connectivity index (χ1v) is 15.0. The zero-order chi connectivity index (χ0) is 26.5. The van der Waals surface area contributed by atoms with E-state index in [1.54, 1.807) is 0 Å². The number of rotatable bonds is 18. The Morgan fingerprint density at radius 2 is 1.52 bits per heavy atom. The molecule has 0 spiro atoms. The maximum Gasteiger partial charge on any atom is 0.139 e. The van der Waals surface area contributed by atoms with E-state index >= 15 is 0 Å². The van der Waals surface area contributed by atoms with Gasteiger partial charge in [-0.1, -0.05) is 53.2 Å². The first-order chi connectivity index (χ1) is 18.1. The van der Waals surface area contributed by atoms with Gasteiger partial charge >= 0.3 is 0 Å². The summed E-state index contributed by atoms with van der Waals surface area (Å²) in [6.45, 7) is 21.3. The Morgan fingerprint density at radius 1 is 0.900 bits per heavy atom. The quantitative estimate of drug-likeness (QED) is 0.185. The van der Waals surface area contributed by atoms with Gasteiger partial charge in [-0.3, -0.25) is 4.90 Å². The van der Waals surface area contributed by atoms with E-state index in [9.17, 15) is 0 Å². The molecule has 2 atom stereocenters. The fraction of sp³-hybridized carbons (Fsp3) is 0.767. The van der Waals surface area contributed by atoms with Crippen molar-refractivity contribution in [1.82, 2.24) is 24.7 Å². The van der Waals surface area contributed by atoms with Gasteiger partial charge in [0.25, 0.3) is 0 Å². The number of nitrogens with zero attached hydrogens (tertiary/aromatic N) is 4. The molecule has 2 aromatic rings. The summed E-state index contributed by atoms with van der Waals surface area (Å²) in [7, 11) is 0. The number of unbranched alkanes of at least 4 members (excludes halogenated alkanes) is 1. The van der Waals surface area contributed by atoms with Crippen molar-refractivity contribution >= 4 is 48.3 Å². The third kappa shape index (κ3) is 11.2. The van der Waals surface area contributed by atoms with E-state index in [4.69, 9.17) is 14.5 Å². The molecule has 234 valence electrons. The van der Waals surface area contributed by atoms with Gasteiger partial charge in [-0.05, 0) is 64.0 Å². The second kappa shape index (κ2) is 21.1. The first kappa shape index (κ1) is 39.4. The Labute approximate surface area is 262 Å². The molecular weight excluding hydrogens is 569 g/mol. The molecule has 0 saturated carbocycles. The maximum atomic E-state index is 6.85. The SMILES string of the molecule is CCCCN1CCC(OCCCN(CC)CC)(c2nc3ccccc3[nH]2)CC1OCCCN(CC)CC.Cl.Cl.Cl. The van der Waals surface area contributed by atoms with Gasteiger partial charge < -0.3 is 24.3 Å². The fourth-order valence-corrected chi connectivity index (χ4v) is 5.49. The summed E-state index contributed by atoms with van der Waals surface area (Å²) >= 11 is 0. The average Bonchev–Trinajstić information content (AvgIpc) is 3.38. The van der Waals surface area contributed by atoms with E-state index in [0.29, 0.717) is 0 Å². The van der Waals surface area contributed by atoms with Crippen molar-refractivity contribution < 1.29 is 9.47 Å². The van der Waals surface area contributed by atoms with Gasteiger partial charge in [0.15, 0.2) is 0 Å². The monoisotopic (exact) mass is 623 g/mol. The molecule has 1 aliphatic rings. The number of nitrogens with one attached hydrogen (secondary N) is 1. The minimum absolute atomic E-state index is 0. The lowest BCUT2D eigenvalue weighted by molar-refractivity contribution is -0.175. The summed E-state index contributed by atoms with van der Waals surface area (Å²) in [5.41, 5.74) is 1.64. The zero-order valence-corrected chi connectivity index (χ0v) is 28.0. The smallest absolute Gasteiger partial charge is 0.139 e. The number of likely N-dealkylation sites (tertiary alicyclic amines) is 1. The van der Waals surface area contributed by atoms with Crippen molar-refractivity contribution in [3.05, 3.63) is 30.1 Å². The van der Waals surface area contributed by atoms with Crippen molar-refractivity contribution in [2.75, 3.05) is 65.6 Å². The van der Waals surface area contributed by atoms with Crippen LogP contribution >= 0.6 is 37.2 Å². The van der Waals surface area contributed by atoms with Crippen LogP contribution in [-0.4, -0.2) is 96.5 Å². The molecule has 0 radical (unpaired) electrons. The highest BCUT2D eigenvalue weighted by Gasteiger charge is 2.44. The lowest BCUT2D eigenvalue weighted by atomic mass is 9.88. The van der Waals surface area contributed by atoms with Crippen LogP contribution in [0.5, 0.6) is 0 Å². The van der Waals surface area contributed by atoms with Gasteiger partial charge in [-0.25, -0.2) is 4.98 Å². The normalized spacial score (nSPS) is 19.4. The number of H-pyrrole nitrogens is 1. The van der Waals surface area contributed by atoms with Crippen molar-refractivity contribution in [2.45, 2.75) is 85.0 Å². The van der Waals surface area contributed by atoms with Crippen molar-refractivity contribution in [3.8, 4) is 0 Å². The summed E-state index contributed by atoms with van der Waals surface area (Å²) in [4.78, 5) is 16.1. The molecule has 2 heterocycles. The minimum Gasteiger partial charge on any atom is -0.367 e. The molecule has 2 unspecified atom stereocenters. The van der Waals surface area contributed by atoms with E-state index in [2.05, 4.69) is 78.6 Å². The zero-order valence-electron chi connectivity index (χ0n) is 25.5. The molecule has 7 nitrogen and oxygen atoms in total. The summed E-state index contributed by atoms with van der Waals surface area (Å²) < 4.78 is 13.5. The van der Waals surface area contributed by atoms with Crippen LogP contribution in [0.15, 0.2) is 24.3 Å². The lowest BCUT2D eigenvalue weighted by Crippen LogP contribution is -2.52. The second-order valence-electron chi connectivity index (χ2n) is 10.4. The second-order valence-corrected chi connectivity index (χ2v) is 10.4. The molecule has 1 aliphatic heterocycles. The first-order valence-electron chi connectivity index (χ1n) is 15.0. The number of hydrogen-bond donors (Lipinski definition) is 1. The third-order valence-electron chi connectivity index (χ3n) is 8.05. The molecule has 1 aromatic carbocycles. The van der Waals surface area contributed by atoms with Crippen LogP contribution in [0.1, 0.15) is 79.0 Å². The average molecular weight is 625 g/mol. The Hall–Kier alpha value is -0.640. The van der Waals surface area contributed by atoms with E-state index in [-0.39, 0.29) is 43.4 Å². The molecule has 3 rings (SSSR count). The summed E-state index contributed by atoms with van der Waals surface area (Å²) in [6.07, 6.45) is 6.27. The number of aromatic amines is 1. The molecule has 1 fully saturated rings. The van der Waals surface area contributed by atoms with Crippen LogP contribution in [-0.2, 0) is 15.1 Å². The van der Waals surface area contributed by atoms with Crippen molar-refractivity contribution in [3.63, 3.8) is 0 Å². The van der Waals surface area contributed by atoms with Gasteiger partial charge in [0, 0.05) is 45.8 Å². The van der Waals surface area contributed by atoms with Crippen LogP contribution in [0.2, 0.25) is 0 Å². The maximum absolute atomic E-state index is 6.85.